The molecule has 4 heteroatoms. The zero-order valence-electron chi connectivity index (χ0n) is 13.3. The van der Waals surface area contributed by atoms with Crippen LogP contribution in [0.15, 0.2) is 12.4 Å². The molecule has 1 aliphatic rings. The van der Waals surface area contributed by atoms with E-state index in [0.717, 1.165) is 41.2 Å². The number of thiol groups is 1. The highest BCUT2D eigenvalue weighted by Gasteiger charge is 2.30. The predicted molar refractivity (Wildman–Crippen MR) is 93.3 cm³/mol. The van der Waals surface area contributed by atoms with Gasteiger partial charge in [0.15, 0.2) is 0 Å². The van der Waals surface area contributed by atoms with Crippen LogP contribution in [0, 0.1) is 24.7 Å². The van der Waals surface area contributed by atoms with Crippen LogP contribution >= 0.6 is 12.8 Å². The topological polar surface area (TPSA) is 37.8 Å². The first-order chi connectivity index (χ1) is 10.2. The highest BCUT2D eigenvalue weighted by Crippen LogP contribution is 2.41. The summed E-state index contributed by atoms with van der Waals surface area (Å²) in [6, 6.07) is 0. The Morgan fingerprint density at radius 2 is 2.00 bits per heavy atom. The van der Waals surface area contributed by atoms with Crippen LogP contribution in [0.2, 0.25) is 0 Å². The van der Waals surface area contributed by atoms with Crippen molar-refractivity contribution in [2.24, 2.45) is 17.8 Å². The molecule has 21 heavy (non-hydrogen) atoms. The number of aromatic nitrogens is 2. The largest absolute Gasteiger partial charge is 0.316 e. The molecule has 1 aliphatic carbocycles. The number of nitrogens with zero attached hydrogens (tertiary/aromatic N) is 2. The van der Waals surface area contributed by atoms with Crippen molar-refractivity contribution in [3.63, 3.8) is 0 Å². The van der Waals surface area contributed by atoms with Crippen molar-refractivity contribution in [1.29, 1.82) is 0 Å². The molecule has 1 saturated carbocycles. The molecule has 0 aromatic carbocycles. The lowest BCUT2D eigenvalue weighted by Gasteiger charge is -2.15. The van der Waals surface area contributed by atoms with Crippen LogP contribution in [-0.2, 0) is 0 Å². The second-order valence-corrected chi connectivity index (χ2v) is 6.37. The van der Waals surface area contributed by atoms with Crippen molar-refractivity contribution in [2.45, 2.75) is 52.9 Å². The molecular formula is C17H27N3S. The predicted octanol–water partition coefficient (Wildman–Crippen LogP) is 4.91. The van der Waals surface area contributed by atoms with Gasteiger partial charge < -0.3 is 4.72 Å². The Bertz CT molecular complexity index is 487. The summed E-state index contributed by atoms with van der Waals surface area (Å²) in [6.07, 6.45) is 12.6. The first-order valence-corrected chi connectivity index (χ1v) is 8.52. The fourth-order valence-corrected chi connectivity index (χ4v) is 3.77. The Morgan fingerprint density at radius 1 is 1.24 bits per heavy atom. The third-order valence-corrected chi connectivity index (χ3v) is 5.16. The lowest BCUT2D eigenvalue weighted by Crippen LogP contribution is -2.05. The molecule has 0 aliphatic heterocycles. The van der Waals surface area contributed by atoms with E-state index < -0.39 is 0 Å². The van der Waals surface area contributed by atoms with Crippen molar-refractivity contribution >= 4 is 24.7 Å². The van der Waals surface area contributed by atoms with Crippen molar-refractivity contribution in [1.82, 2.24) is 9.97 Å². The Morgan fingerprint density at radius 3 is 2.67 bits per heavy atom. The summed E-state index contributed by atoms with van der Waals surface area (Å²) in [4.78, 5) is 8.47. The number of hydrogen-bond donors (Lipinski definition) is 2. The number of anilines is 1. The molecule has 1 N–H and O–H groups in total. The molecule has 1 heterocycles. The van der Waals surface area contributed by atoms with E-state index in [1.165, 1.54) is 25.7 Å². The molecule has 0 spiro atoms. The third kappa shape index (κ3) is 4.00. The van der Waals surface area contributed by atoms with Crippen LogP contribution in [0.25, 0.3) is 6.08 Å². The average Bonchev–Trinajstić information content (AvgIpc) is 2.91. The SMILES string of the molecule is CCC1CC(CC)[C@H](C/C=C\c2c(C)ncnc2NS)C1. The summed E-state index contributed by atoms with van der Waals surface area (Å²) >= 11 is 4.12. The Kier molecular flexibility index (Phi) is 6.09. The van der Waals surface area contributed by atoms with Gasteiger partial charge in [-0.1, -0.05) is 51.7 Å². The minimum Gasteiger partial charge on any atom is -0.316 e. The van der Waals surface area contributed by atoms with E-state index >= 15 is 0 Å². The highest BCUT2D eigenvalue weighted by atomic mass is 32.1. The Balaban J connectivity index is 2.02. The van der Waals surface area contributed by atoms with Crippen LogP contribution in [0.1, 0.15) is 57.2 Å². The first-order valence-electron chi connectivity index (χ1n) is 8.07. The van der Waals surface area contributed by atoms with E-state index in [2.05, 4.69) is 53.5 Å². The Hall–Kier alpha value is -1.03. The lowest BCUT2D eigenvalue weighted by molar-refractivity contribution is 0.381. The van der Waals surface area contributed by atoms with Crippen molar-refractivity contribution in [2.75, 3.05) is 4.72 Å². The normalized spacial score (nSPS) is 25.6. The van der Waals surface area contributed by atoms with Gasteiger partial charge in [-0.05, 0) is 43.9 Å². The fourth-order valence-electron chi connectivity index (χ4n) is 3.59. The minimum absolute atomic E-state index is 0.784. The molecule has 116 valence electrons. The molecule has 3 atom stereocenters. The fraction of sp³-hybridized carbons (Fsp3) is 0.647. The van der Waals surface area contributed by atoms with Gasteiger partial charge in [-0.2, -0.15) is 0 Å². The van der Waals surface area contributed by atoms with Gasteiger partial charge in [-0.25, -0.2) is 9.97 Å². The molecular weight excluding hydrogens is 278 g/mol. The Labute approximate surface area is 134 Å². The van der Waals surface area contributed by atoms with Crippen LogP contribution in [-0.4, -0.2) is 9.97 Å². The van der Waals surface area contributed by atoms with E-state index in [1.54, 1.807) is 6.33 Å². The van der Waals surface area contributed by atoms with Crippen LogP contribution < -0.4 is 4.72 Å². The van der Waals surface area contributed by atoms with Gasteiger partial charge in [-0.15, -0.1) is 0 Å². The molecule has 0 saturated heterocycles. The quantitative estimate of drug-likeness (QED) is 0.734. The molecule has 2 unspecified atom stereocenters. The zero-order chi connectivity index (χ0) is 15.2. The summed E-state index contributed by atoms with van der Waals surface area (Å²) in [7, 11) is 0. The monoisotopic (exact) mass is 305 g/mol. The first kappa shape index (κ1) is 16.3. The van der Waals surface area contributed by atoms with Crippen molar-refractivity contribution < 1.29 is 0 Å². The van der Waals surface area contributed by atoms with E-state index in [1.807, 2.05) is 6.92 Å². The smallest absolute Gasteiger partial charge is 0.146 e. The standard InChI is InChI=1S/C17H27N3S/c1-4-13-9-14(5-2)15(10-13)7-6-8-16-12(3)18-11-19-17(16)20-21/h6,8,11,13-15,21H,4-5,7,9-10H2,1-3H3,(H,18,19,20)/b8-6-/t13?,14?,15-/m1/s1. The molecule has 3 nitrogen and oxygen atoms in total. The number of allylic oxidation sites excluding steroid dienone is 1. The second kappa shape index (κ2) is 7.83. The maximum atomic E-state index is 4.26. The highest BCUT2D eigenvalue weighted by molar-refractivity contribution is 7.81. The zero-order valence-corrected chi connectivity index (χ0v) is 14.2. The molecule has 1 aromatic rings. The van der Waals surface area contributed by atoms with Gasteiger partial charge in [0.05, 0.1) is 5.69 Å². The van der Waals surface area contributed by atoms with Gasteiger partial charge in [0.2, 0.25) is 0 Å². The number of aryl methyl sites for hydroxylation is 1. The molecule has 1 fully saturated rings. The molecule has 2 rings (SSSR count). The summed E-state index contributed by atoms with van der Waals surface area (Å²) in [6.45, 7) is 6.66. The van der Waals surface area contributed by atoms with Crippen LogP contribution in [0.5, 0.6) is 0 Å². The van der Waals surface area contributed by atoms with Crippen LogP contribution in [0.4, 0.5) is 5.82 Å². The van der Waals surface area contributed by atoms with E-state index in [0.29, 0.717) is 0 Å². The number of nitrogens with one attached hydrogen (secondary N) is 1. The summed E-state index contributed by atoms with van der Waals surface area (Å²) in [5.74, 6) is 3.46. The van der Waals surface area contributed by atoms with Crippen LogP contribution in [0.3, 0.4) is 0 Å². The maximum Gasteiger partial charge on any atom is 0.146 e. The van der Waals surface area contributed by atoms with E-state index in [-0.39, 0.29) is 0 Å². The number of hydrogen-bond acceptors (Lipinski definition) is 4. The summed E-state index contributed by atoms with van der Waals surface area (Å²) in [5, 5.41) is 0. The van der Waals surface area contributed by atoms with Gasteiger partial charge in [-0.3, -0.25) is 0 Å². The summed E-state index contributed by atoms with van der Waals surface area (Å²) in [5.41, 5.74) is 2.04. The van der Waals surface area contributed by atoms with Crippen molar-refractivity contribution in [3.05, 3.63) is 23.7 Å². The van der Waals surface area contributed by atoms with Gasteiger partial charge in [0.1, 0.15) is 12.1 Å². The third-order valence-electron chi connectivity index (χ3n) is 4.95. The second-order valence-electron chi connectivity index (χ2n) is 6.15. The van der Waals surface area contributed by atoms with E-state index in [4.69, 9.17) is 0 Å². The van der Waals surface area contributed by atoms with Gasteiger partial charge >= 0.3 is 0 Å². The summed E-state index contributed by atoms with van der Waals surface area (Å²) < 4.78 is 2.84. The maximum absolute atomic E-state index is 4.26. The molecule has 0 amide bonds. The van der Waals surface area contributed by atoms with Crippen molar-refractivity contribution in [3.8, 4) is 0 Å². The average molecular weight is 305 g/mol. The molecule has 0 bridgehead atoms. The minimum atomic E-state index is 0.784. The van der Waals surface area contributed by atoms with Gasteiger partial charge in [0, 0.05) is 5.56 Å². The van der Waals surface area contributed by atoms with Gasteiger partial charge in [0.25, 0.3) is 0 Å². The lowest BCUT2D eigenvalue weighted by atomic mass is 9.90. The molecule has 1 aromatic heterocycles. The van der Waals surface area contributed by atoms with E-state index in [9.17, 15) is 0 Å². The number of rotatable bonds is 6. The molecule has 0 radical (unpaired) electrons.